The van der Waals surface area contributed by atoms with Gasteiger partial charge in [-0.3, -0.25) is 4.79 Å². The zero-order chi connectivity index (χ0) is 17.6. The lowest BCUT2D eigenvalue weighted by molar-refractivity contribution is 0.0959. The zero-order valence-corrected chi connectivity index (χ0v) is 15.4. The fraction of sp³-hybridized carbons (Fsp3) is 0.471. The van der Waals surface area contributed by atoms with E-state index in [2.05, 4.69) is 25.5 Å². The molecule has 0 saturated carbocycles. The minimum atomic E-state index is -0.0345. The number of nitrogens with zero attached hydrogens (tertiary/aromatic N) is 3. The molecule has 0 spiro atoms. The van der Waals surface area contributed by atoms with Gasteiger partial charge in [0.2, 0.25) is 0 Å². The van der Waals surface area contributed by atoms with E-state index >= 15 is 0 Å². The van der Waals surface area contributed by atoms with E-state index in [4.69, 9.17) is 4.74 Å². The summed E-state index contributed by atoms with van der Waals surface area (Å²) in [6.07, 6.45) is 0. The van der Waals surface area contributed by atoms with Gasteiger partial charge in [0.05, 0.1) is 18.1 Å². The van der Waals surface area contributed by atoms with Crippen LogP contribution in [-0.2, 0) is 4.74 Å². The van der Waals surface area contributed by atoms with E-state index in [1.54, 1.807) is 0 Å². The number of aryl methyl sites for hydroxylation is 2. The van der Waals surface area contributed by atoms with Gasteiger partial charge >= 0.3 is 0 Å². The van der Waals surface area contributed by atoms with Crippen molar-refractivity contribution in [2.24, 2.45) is 0 Å². The van der Waals surface area contributed by atoms with Gasteiger partial charge in [0.15, 0.2) is 0 Å². The zero-order valence-electron chi connectivity index (χ0n) is 14.5. The standard InChI is InChI=1S/C17H23N5O2S/c1-12-9-14(25-11-12)17(23)19-4-3-18-15-10-16(21-13(2)20-15)22-5-7-24-8-6-22/h9-11H,3-8H2,1-2H3,(H,19,23)(H,18,20,21). The summed E-state index contributed by atoms with van der Waals surface area (Å²) in [5.41, 5.74) is 1.11. The van der Waals surface area contributed by atoms with Gasteiger partial charge in [0.1, 0.15) is 17.5 Å². The highest BCUT2D eigenvalue weighted by molar-refractivity contribution is 7.12. The Morgan fingerprint density at radius 1 is 1.24 bits per heavy atom. The summed E-state index contributed by atoms with van der Waals surface area (Å²) in [6.45, 7) is 8.13. The number of anilines is 2. The van der Waals surface area contributed by atoms with Crippen molar-refractivity contribution in [3.05, 3.63) is 33.8 Å². The maximum atomic E-state index is 12.0. The maximum absolute atomic E-state index is 12.0. The van der Waals surface area contributed by atoms with Crippen LogP contribution in [-0.4, -0.2) is 55.3 Å². The number of aromatic nitrogens is 2. The van der Waals surface area contributed by atoms with Crippen molar-refractivity contribution in [1.29, 1.82) is 0 Å². The van der Waals surface area contributed by atoms with Crippen LogP contribution in [0.4, 0.5) is 11.6 Å². The van der Waals surface area contributed by atoms with Gasteiger partial charge in [-0.25, -0.2) is 9.97 Å². The molecule has 0 unspecified atom stereocenters. The molecule has 3 rings (SSSR count). The number of nitrogens with one attached hydrogen (secondary N) is 2. The highest BCUT2D eigenvalue weighted by Crippen LogP contribution is 2.17. The first-order valence-corrected chi connectivity index (χ1v) is 9.25. The Bertz CT molecular complexity index is 728. The average molecular weight is 361 g/mol. The number of carbonyl (C=O) groups is 1. The summed E-state index contributed by atoms with van der Waals surface area (Å²) in [4.78, 5) is 23.9. The van der Waals surface area contributed by atoms with Crippen LogP contribution < -0.4 is 15.5 Å². The molecule has 1 saturated heterocycles. The van der Waals surface area contributed by atoms with Crippen LogP contribution in [0.5, 0.6) is 0 Å². The predicted molar refractivity (Wildman–Crippen MR) is 99.7 cm³/mol. The normalized spacial score (nSPS) is 14.4. The number of ether oxygens (including phenoxy) is 1. The highest BCUT2D eigenvalue weighted by Gasteiger charge is 2.14. The maximum Gasteiger partial charge on any atom is 0.261 e. The molecule has 0 bridgehead atoms. The summed E-state index contributed by atoms with van der Waals surface area (Å²) in [7, 11) is 0. The third-order valence-electron chi connectivity index (χ3n) is 3.83. The Hall–Kier alpha value is -2.19. The molecule has 2 aromatic rings. The fourth-order valence-corrected chi connectivity index (χ4v) is 3.42. The summed E-state index contributed by atoms with van der Waals surface area (Å²) in [5.74, 6) is 2.38. The molecular weight excluding hydrogens is 338 g/mol. The molecule has 0 radical (unpaired) electrons. The van der Waals surface area contributed by atoms with Crippen molar-refractivity contribution in [2.75, 3.05) is 49.6 Å². The Morgan fingerprint density at radius 3 is 2.76 bits per heavy atom. The van der Waals surface area contributed by atoms with E-state index in [9.17, 15) is 4.79 Å². The van der Waals surface area contributed by atoms with Gasteiger partial charge in [0.25, 0.3) is 5.91 Å². The first kappa shape index (κ1) is 17.6. The first-order valence-electron chi connectivity index (χ1n) is 8.37. The van der Waals surface area contributed by atoms with Crippen LogP contribution >= 0.6 is 11.3 Å². The van der Waals surface area contributed by atoms with Crippen molar-refractivity contribution >= 4 is 28.9 Å². The lowest BCUT2D eigenvalue weighted by atomic mass is 10.3. The lowest BCUT2D eigenvalue weighted by Gasteiger charge is -2.28. The number of hydrogen-bond donors (Lipinski definition) is 2. The van der Waals surface area contributed by atoms with Gasteiger partial charge < -0.3 is 20.3 Å². The van der Waals surface area contributed by atoms with E-state index in [1.807, 2.05) is 31.4 Å². The van der Waals surface area contributed by atoms with Crippen molar-refractivity contribution in [2.45, 2.75) is 13.8 Å². The van der Waals surface area contributed by atoms with Gasteiger partial charge in [0, 0.05) is 32.2 Å². The SMILES string of the molecule is Cc1csc(C(=O)NCCNc2cc(N3CCOCC3)nc(C)n2)c1. The first-order chi connectivity index (χ1) is 12.1. The number of amides is 1. The molecule has 1 fully saturated rings. The molecule has 0 aliphatic carbocycles. The lowest BCUT2D eigenvalue weighted by Crippen LogP contribution is -2.37. The van der Waals surface area contributed by atoms with E-state index in [1.165, 1.54) is 11.3 Å². The molecular formula is C17H23N5O2S. The third kappa shape index (κ3) is 4.90. The summed E-state index contributed by atoms with van der Waals surface area (Å²) < 4.78 is 5.38. The van der Waals surface area contributed by atoms with E-state index in [0.717, 1.165) is 54.2 Å². The molecule has 8 heteroatoms. The molecule has 2 N–H and O–H groups in total. The summed E-state index contributed by atoms with van der Waals surface area (Å²) in [6, 6.07) is 3.85. The number of thiophene rings is 1. The van der Waals surface area contributed by atoms with Crippen LogP contribution in [0, 0.1) is 13.8 Å². The second-order valence-electron chi connectivity index (χ2n) is 5.93. The van der Waals surface area contributed by atoms with Crippen LogP contribution in [0.25, 0.3) is 0 Å². The van der Waals surface area contributed by atoms with E-state index in [-0.39, 0.29) is 5.91 Å². The minimum Gasteiger partial charge on any atom is -0.378 e. The van der Waals surface area contributed by atoms with Gasteiger partial charge in [-0.05, 0) is 30.9 Å². The molecule has 134 valence electrons. The van der Waals surface area contributed by atoms with Gasteiger partial charge in [-0.15, -0.1) is 11.3 Å². The molecule has 2 aromatic heterocycles. The van der Waals surface area contributed by atoms with Gasteiger partial charge in [-0.2, -0.15) is 0 Å². The largest absolute Gasteiger partial charge is 0.378 e. The third-order valence-corrected chi connectivity index (χ3v) is 4.88. The molecule has 7 nitrogen and oxygen atoms in total. The Morgan fingerprint density at radius 2 is 2.04 bits per heavy atom. The highest BCUT2D eigenvalue weighted by atomic mass is 32.1. The second-order valence-corrected chi connectivity index (χ2v) is 6.84. The van der Waals surface area contributed by atoms with Gasteiger partial charge in [-0.1, -0.05) is 0 Å². The Kier molecular flexibility index (Phi) is 5.83. The molecule has 1 aliphatic rings. The Balaban J connectivity index is 1.51. The molecule has 0 atom stereocenters. The summed E-state index contributed by atoms with van der Waals surface area (Å²) >= 11 is 1.46. The molecule has 25 heavy (non-hydrogen) atoms. The second kappa shape index (κ2) is 8.26. The average Bonchev–Trinajstić information content (AvgIpc) is 3.05. The molecule has 3 heterocycles. The molecule has 0 aromatic carbocycles. The van der Waals surface area contributed by atoms with Crippen molar-refractivity contribution < 1.29 is 9.53 Å². The van der Waals surface area contributed by atoms with Crippen LogP contribution in [0.1, 0.15) is 21.1 Å². The number of morpholine rings is 1. The number of hydrogen-bond acceptors (Lipinski definition) is 7. The van der Waals surface area contributed by atoms with Crippen molar-refractivity contribution in [3.8, 4) is 0 Å². The fourth-order valence-electron chi connectivity index (χ4n) is 2.60. The smallest absolute Gasteiger partial charge is 0.261 e. The quantitative estimate of drug-likeness (QED) is 0.764. The predicted octanol–water partition coefficient (Wildman–Crippen LogP) is 1.83. The monoisotopic (exact) mass is 361 g/mol. The van der Waals surface area contributed by atoms with Crippen LogP contribution in [0.15, 0.2) is 17.5 Å². The topological polar surface area (TPSA) is 79.4 Å². The van der Waals surface area contributed by atoms with E-state index in [0.29, 0.717) is 13.1 Å². The van der Waals surface area contributed by atoms with Crippen molar-refractivity contribution in [1.82, 2.24) is 15.3 Å². The molecule has 1 amide bonds. The minimum absolute atomic E-state index is 0.0345. The van der Waals surface area contributed by atoms with Crippen LogP contribution in [0.2, 0.25) is 0 Å². The van der Waals surface area contributed by atoms with Crippen molar-refractivity contribution in [3.63, 3.8) is 0 Å². The van der Waals surface area contributed by atoms with E-state index < -0.39 is 0 Å². The number of carbonyl (C=O) groups excluding carboxylic acids is 1. The number of rotatable bonds is 6. The van der Waals surface area contributed by atoms with Crippen LogP contribution in [0.3, 0.4) is 0 Å². The Labute approximate surface area is 151 Å². The summed E-state index contributed by atoms with van der Waals surface area (Å²) in [5, 5.41) is 8.15. The molecule has 1 aliphatic heterocycles.